The maximum atomic E-state index is 4.25. The van der Waals surface area contributed by atoms with Gasteiger partial charge in [0.2, 0.25) is 5.82 Å². The van der Waals surface area contributed by atoms with Gasteiger partial charge in [-0.1, -0.05) is 24.3 Å². The minimum Gasteiger partial charge on any atom is -0.164 e. The van der Waals surface area contributed by atoms with Crippen LogP contribution in [0.2, 0.25) is 0 Å². The van der Waals surface area contributed by atoms with Crippen LogP contribution in [0.5, 0.6) is 0 Å². The van der Waals surface area contributed by atoms with E-state index < -0.39 is 0 Å². The van der Waals surface area contributed by atoms with Crippen LogP contribution in [0.25, 0.3) is 11.4 Å². The van der Waals surface area contributed by atoms with E-state index in [9.17, 15) is 0 Å². The molecule has 0 atom stereocenters. The van der Waals surface area contributed by atoms with E-state index in [0.717, 1.165) is 12.1 Å². The molecule has 2 aromatic rings. The molecule has 0 amide bonds. The quantitative estimate of drug-likeness (QED) is 0.720. The molecule has 0 saturated heterocycles. The molecule has 4 heteroatoms. The Bertz CT molecular complexity index is 433. The molecule has 4 nitrogen and oxygen atoms in total. The Hall–Kier alpha value is -1.71. The largest absolute Gasteiger partial charge is 0.205 e. The first-order valence-electron chi connectivity index (χ1n) is 4.65. The molecule has 0 aliphatic carbocycles. The van der Waals surface area contributed by atoms with Gasteiger partial charge in [-0.3, -0.25) is 0 Å². The molecule has 1 aromatic heterocycles. The van der Waals surface area contributed by atoms with Crippen molar-refractivity contribution in [3.8, 4) is 11.4 Å². The Morgan fingerprint density at radius 2 is 2.07 bits per heavy atom. The van der Waals surface area contributed by atoms with Crippen LogP contribution >= 0.6 is 0 Å². The number of benzene rings is 1. The zero-order valence-electron chi connectivity index (χ0n) is 8.31. The Morgan fingerprint density at radius 1 is 1.29 bits per heavy atom. The monoisotopic (exact) mass is 188 g/mol. The van der Waals surface area contributed by atoms with Gasteiger partial charge in [0.15, 0.2) is 0 Å². The second-order valence-electron chi connectivity index (χ2n) is 3.12. The molecule has 1 aromatic carbocycles. The van der Waals surface area contributed by atoms with Crippen molar-refractivity contribution in [2.24, 2.45) is 0 Å². The van der Waals surface area contributed by atoms with E-state index in [0.29, 0.717) is 5.82 Å². The first-order valence-corrected chi connectivity index (χ1v) is 4.65. The zero-order chi connectivity index (χ0) is 9.97. The average Bonchev–Trinajstić information content (AvgIpc) is 2.67. The Kier molecular flexibility index (Phi) is 2.26. The number of rotatable bonds is 2. The van der Waals surface area contributed by atoms with Crippen LogP contribution in [-0.4, -0.2) is 20.2 Å². The van der Waals surface area contributed by atoms with Crippen molar-refractivity contribution in [2.45, 2.75) is 20.4 Å². The third kappa shape index (κ3) is 1.51. The van der Waals surface area contributed by atoms with Crippen molar-refractivity contribution in [1.29, 1.82) is 0 Å². The number of aryl methyl sites for hydroxylation is 2. The lowest BCUT2D eigenvalue weighted by Crippen LogP contribution is -1.98. The van der Waals surface area contributed by atoms with E-state index in [-0.39, 0.29) is 0 Å². The summed E-state index contributed by atoms with van der Waals surface area (Å²) in [4.78, 5) is 1.59. The summed E-state index contributed by atoms with van der Waals surface area (Å²) in [5, 5.41) is 12.2. The van der Waals surface area contributed by atoms with Gasteiger partial charge >= 0.3 is 0 Å². The lowest BCUT2D eigenvalue weighted by Gasteiger charge is -1.98. The summed E-state index contributed by atoms with van der Waals surface area (Å²) in [6.07, 6.45) is 0. The first kappa shape index (κ1) is 8.87. The fraction of sp³-hybridized carbons (Fsp3) is 0.300. The van der Waals surface area contributed by atoms with Crippen LogP contribution in [-0.2, 0) is 6.54 Å². The average molecular weight is 188 g/mol. The van der Waals surface area contributed by atoms with Crippen LogP contribution in [0.3, 0.4) is 0 Å². The molecule has 0 saturated carbocycles. The summed E-state index contributed by atoms with van der Waals surface area (Å²) < 4.78 is 0. The van der Waals surface area contributed by atoms with Crippen LogP contribution in [0.4, 0.5) is 0 Å². The van der Waals surface area contributed by atoms with Crippen molar-refractivity contribution in [3.05, 3.63) is 29.8 Å². The molecular weight excluding hydrogens is 176 g/mol. The standard InChI is InChI=1S/C10H12N4/c1-3-14-12-10(11-13-14)9-7-5-4-6-8(9)2/h4-7H,3H2,1-2H3. The SMILES string of the molecule is CCn1nnc(-c2ccccc2C)n1. The predicted molar refractivity (Wildman–Crippen MR) is 53.7 cm³/mol. The minimum absolute atomic E-state index is 0.699. The number of tetrazole rings is 1. The van der Waals surface area contributed by atoms with E-state index >= 15 is 0 Å². The van der Waals surface area contributed by atoms with Gasteiger partial charge in [-0.05, 0) is 24.6 Å². The topological polar surface area (TPSA) is 43.6 Å². The van der Waals surface area contributed by atoms with E-state index in [1.165, 1.54) is 5.56 Å². The van der Waals surface area contributed by atoms with Gasteiger partial charge in [0.1, 0.15) is 0 Å². The first-order chi connectivity index (χ1) is 6.81. The van der Waals surface area contributed by atoms with E-state index in [1.54, 1.807) is 4.80 Å². The van der Waals surface area contributed by atoms with Crippen LogP contribution < -0.4 is 0 Å². The van der Waals surface area contributed by atoms with Crippen molar-refractivity contribution < 1.29 is 0 Å². The molecular formula is C10H12N4. The van der Waals surface area contributed by atoms with Gasteiger partial charge in [-0.25, -0.2) is 0 Å². The third-order valence-corrected chi connectivity index (χ3v) is 2.12. The van der Waals surface area contributed by atoms with Crippen LogP contribution in [0.1, 0.15) is 12.5 Å². The summed E-state index contributed by atoms with van der Waals surface area (Å²) >= 11 is 0. The number of nitrogens with zero attached hydrogens (tertiary/aromatic N) is 4. The van der Waals surface area contributed by atoms with E-state index in [2.05, 4.69) is 15.4 Å². The Balaban J connectivity index is 2.44. The van der Waals surface area contributed by atoms with Crippen molar-refractivity contribution in [1.82, 2.24) is 20.2 Å². The molecule has 0 unspecified atom stereocenters. The summed E-state index contributed by atoms with van der Waals surface area (Å²) in [5.41, 5.74) is 2.22. The molecule has 0 aliphatic rings. The summed E-state index contributed by atoms with van der Waals surface area (Å²) in [6.45, 7) is 4.78. The van der Waals surface area contributed by atoms with E-state index in [4.69, 9.17) is 0 Å². The molecule has 72 valence electrons. The maximum absolute atomic E-state index is 4.25. The molecule has 14 heavy (non-hydrogen) atoms. The molecule has 1 heterocycles. The summed E-state index contributed by atoms with van der Waals surface area (Å²) in [5.74, 6) is 0.699. The van der Waals surface area contributed by atoms with Gasteiger partial charge in [0, 0.05) is 5.56 Å². The van der Waals surface area contributed by atoms with Gasteiger partial charge in [0.25, 0.3) is 0 Å². The van der Waals surface area contributed by atoms with Crippen LogP contribution in [0, 0.1) is 6.92 Å². The highest BCUT2D eigenvalue weighted by atomic mass is 15.6. The van der Waals surface area contributed by atoms with Crippen molar-refractivity contribution in [3.63, 3.8) is 0 Å². The normalized spacial score (nSPS) is 10.4. The number of aromatic nitrogens is 4. The highest BCUT2D eigenvalue weighted by molar-refractivity contribution is 5.58. The van der Waals surface area contributed by atoms with Crippen LogP contribution in [0.15, 0.2) is 24.3 Å². The Morgan fingerprint density at radius 3 is 2.71 bits per heavy atom. The van der Waals surface area contributed by atoms with Crippen molar-refractivity contribution in [2.75, 3.05) is 0 Å². The summed E-state index contributed by atoms with van der Waals surface area (Å²) in [6, 6.07) is 8.03. The number of hydrogen-bond donors (Lipinski definition) is 0. The molecule has 2 rings (SSSR count). The smallest absolute Gasteiger partial charge is 0.164 e. The van der Waals surface area contributed by atoms with E-state index in [1.807, 2.05) is 38.1 Å². The second-order valence-corrected chi connectivity index (χ2v) is 3.12. The lowest BCUT2D eigenvalue weighted by molar-refractivity contribution is 0.553. The molecule has 0 N–H and O–H groups in total. The minimum atomic E-state index is 0.699. The van der Waals surface area contributed by atoms with Gasteiger partial charge in [0.05, 0.1) is 6.54 Å². The fourth-order valence-corrected chi connectivity index (χ4v) is 1.31. The second kappa shape index (κ2) is 3.57. The van der Waals surface area contributed by atoms with Gasteiger partial charge in [-0.2, -0.15) is 4.80 Å². The van der Waals surface area contributed by atoms with Gasteiger partial charge < -0.3 is 0 Å². The summed E-state index contributed by atoms with van der Waals surface area (Å²) in [7, 11) is 0. The fourth-order valence-electron chi connectivity index (χ4n) is 1.31. The number of hydrogen-bond acceptors (Lipinski definition) is 3. The third-order valence-electron chi connectivity index (χ3n) is 2.12. The molecule has 0 fully saturated rings. The highest BCUT2D eigenvalue weighted by Crippen LogP contribution is 2.17. The molecule has 0 radical (unpaired) electrons. The highest BCUT2D eigenvalue weighted by Gasteiger charge is 2.06. The van der Waals surface area contributed by atoms with Gasteiger partial charge in [-0.15, -0.1) is 10.2 Å². The zero-order valence-corrected chi connectivity index (χ0v) is 8.31. The molecule has 0 spiro atoms. The lowest BCUT2D eigenvalue weighted by atomic mass is 10.1. The predicted octanol–water partition coefficient (Wildman–Crippen LogP) is 1.67. The van der Waals surface area contributed by atoms with Crippen molar-refractivity contribution >= 4 is 0 Å². The Labute approximate surface area is 82.6 Å². The molecule has 0 aliphatic heterocycles. The molecule has 0 bridgehead atoms. The maximum Gasteiger partial charge on any atom is 0.205 e.